The minimum Gasteiger partial charge on any atom is -0.369 e. The number of carbonyl (C=O) groups excluding carboxylic acids is 1. The molecule has 2 aromatic rings. The van der Waals surface area contributed by atoms with E-state index in [9.17, 15) is 4.79 Å². The second-order valence-electron chi connectivity index (χ2n) is 7.78. The van der Waals surface area contributed by atoms with Crippen LogP contribution < -0.4 is 9.80 Å². The highest BCUT2D eigenvalue weighted by molar-refractivity contribution is 5.94. The van der Waals surface area contributed by atoms with E-state index in [-0.39, 0.29) is 5.91 Å². The molecule has 0 atom stereocenters. The first-order valence-electron chi connectivity index (χ1n) is 10.1. The van der Waals surface area contributed by atoms with Gasteiger partial charge in [0.05, 0.1) is 0 Å². The molecule has 4 rings (SSSR count). The van der Waals surface area contributed by atoms with E-state index in [0.29, 0.717) is 0 Å². The van der Waals surface area contributed by atoms with Crippen molar-refractivity contribution in [2.24, 2.45) is 0 Å². The predicted molar refractivity (Wildman–Crippen MR) is 113 cm³/mol. The van der Waals surface area contributed by atoms with Crippen molar-refractivity contribution in [3.05, 3.63) is 53.9 Å². The lowest BCUT2D eigenvalue weighted by Gasteiger charge is -2.37. The van der Waals surface area contributed by atoms with E-state index in [2.05, 4.69) is 51.9 Å². The standard InChI is InChI=1S/C22H29N5O/c1-18-17-23-8-7-21(18)26-13-15-27(16-14-26)22(28)19-3-5-20(6-4-19)25-11-9-24(2)10-12-25/h3-8,17H,9-16H2,1-2H3. The second kappa shape index (κ2) is 8.19. The first-order valence-corrected chi connectivity index (χ1v) is 10.1. The number of rotatable bonds is 3. The summed E-state index contributed by atoms with van der Waals surface area (Å²) in [6.45, 7) is 9.56. The third-order valence-corrected chi connectivity index (χ3v) is 5.88. The van der Waals surface area contributed by atoms with Crippen molar-refractivity contribution in [1.29, 1.82) is 0 Å². The van der Waals surface area contributed by atoms with Gasteiger partial charge in [0.2, 0.25) is 0 Å². The minimum atomic E-state index is 0.135. The van der Waals surface area contributed by atoms with Gasteiger partial charge in [0.15, 0.2) is 0 Å². The monoisotopic (exact) mass is 379 g/mol. The van der Waals surface area contributed by atoms with Crippen molar-refractivity contribution in [3.8, 4) is 0 Å². The van der Waals surface area contributed by atoms with Gasteiger partial charge in [-0.15, -0.1) is 0 Å². The molecule has 2 saturated heterocycles. The summed E-state index contributed by atoms with van der Waals surface area (Å²) in [5.41, 5.74) is 4.40. The van der Waals surface area contributed by atoms with E-state index in [1.54, 1.807) is 0 Å². The van der Waals surface area contributed by atoms with Crippen LogP contribution in [0.15, 0.2) is 42.7 Å². The van der Waals surface area contributed by atoms with Gasteiger partial charge in [0.25, 0.3) is 5.91 Å². The Balaban J connectivity index is 1.36. The molecule has 0 aliphatic carbocycles. The van der Waals surface area contributed by atoms with E-state index < -0.39 is 0 Å². The topological polar surface area (TPSA) is 42.9 Å². The molecule has 6 nitrogen and oxygen atoms in total. The third kappa shape index (κ3) is 3.97. The Hall–Kier alpha value is -2.60. The van der Waals surface area contributed by atoms with Crippen molar-refractivity contribution in [3.63, 3.8) is 0 Å². The first kappa shape index (κ1) is 18.7. The van der Waals surface area contributed by atoms with Crippen LogP contribution in [0.5, 0.6) is 0 Å². The number of piperazine rings is 2. The Morgan fingerprint density at radius 2 is 1.50 bits per heavy atom. The third-order valence-electron chi connectivity index (χ3n) is 5.88. The molecule has 0 N–H and O–H groups in total. The lowest BCUT2D eigenvalue weighted by Crippen LogP contribution is -2.49. The molecule has 28 heavy (non-hydrogen) atoms. The zero-order valence-corrected chi connectivity index (χ0v) is 16.8. The van der Waals surface area contributed by atoms with Gasteiger partial charge >= 0.3 is 0 Å². The molecule has 0 radical (unpaired) electrons. The number of aromatic nitrogens is 1. The first-order chi connectivity index (χ1) is 13.6. The summed E-state index contributed by atoms with van der Waals surface area (Å²) in [4.78, 5) is 26.1. The highest BCUT2D eigenvalue weighted by Crippen LogP contribution is 2.22. The summed E-state index contributed by atoms with van der Waals surface area (Å²) in [5, 5.41) is 0. The maximum atomic E-state index is 12.9. The fourth-order valence-corrected chi connectivity index (χ4v) is 4.03. The minimum absolute atomic E-state index is 0.135. The molecule has 2 fully saturated rings. The Morgan fingerprint density at radius 3 is 2.14 bits per heavy atom. The van der Waals surface area contributed by atoms with Crippen molar-refractivity contribution in [2.45, 2.75) is 6.92 Å². The van der Waals surface area contributed by atoms with Gasteiger partial charge in [0.1, 0.15) is 0 Å². The summed E-state index contributed by atoms with van der Waals surface area (Å²) < 4.78 is 0. The average Bonchev–Trinajstić information content (AvgIpc) is 2.74. The Bertz CT molecular complexity index is 806. The molecule has 2 aliphatic heterocycles. The molecule has 1 amide bonds. The van der Waals surface area contributed by atoms with E-state index in [0.717, 1.165) is 57.9 Å². The summed E-state index contributed by atoms with van der Waals surface area (Å²) in [5.74, 6) is 0.135. The number of likely N-dealkylation sites (N-methyl/N-ethyl adjacent to an activating group) is 1. The van der Waals surface area contributed by atoms with Gasteiger partial charge in [-0.3, -0.25) is 9.78 Å². The van der Waals surface area contributed by atoms with Crippen LogP contribution in [0.4, 0.5) is 11.4 Å². The van der Waals surface area contributed by atoms with Crippen LogP contribution in [0.2, 0.25) is 0 Å². The maximum Gasteiger partial charge on any atom is 0.253 e. The van der Waals surface area contributed by atoms with Crippen molar-refractivity contribution in [1.82, 2.24) is 14.8 Å². The SMILES string of the molecule is Cc1cnccc1N1CCN(C(=O)c2ccc(N3CCN(C)CC3)cc2)CC1. The number of carbonyl (C=O) groups is 1. The fourth-order valence-electron chi connectivity index (χ4n) is 4.03. The Morgan fingerprint density at radius 1 is 0.857 bits per heavy atom. The van der Waals surface area contributed by atoms with Crippen LogP contribution in [0.1, 0.15) is 15.9 Å². The molecule has 6 heteroatoms. The molecule has 0 bridgehead atoms. The number of nitrogens with zero attached hydrogens (tertiary/aromatic N) is 5. The molecule has 148 valence electrons. The smallest absolute Gasteiger partial charge is 0.253 e. The molecule has 0 saturated carbocycles. The van der Waals surface area contributed by atoms with E-state index in [4.69, 9.17) is 0 Å². The van der Waals surface area contributed by atoms with E-state index in [1.807, 2.05) is 29.4 Å². The Labute approximate surface area is 167 Å². The van der Waals surface area contributed by atoms with Crippen LogP contribution in [0.3, 0.4) is 0 Å². The van der Waals surface area contributed by atoms with Gasteiger partial charge in [-0.25, -0.2) is 0 Å². The second-order valence-corrected chi connectivity index (χ2v) is 7.78. The molecule has 0 spiro atoms. The summed E-state index contributed by atoms with van der Waals surface area (Å²) in [7, 11) is 2.16. The average molecular weight is 380 g/mol. The summed E-state index contributed by atoms with van der Waals surface area (Å²) in [6, 6.07) is 10.2. The van der Waals surface area contributed by atoms with Crippen LogP contribution >= 0.6 is 0 Å². The van der Waals surface area contributed by atoms with Crippen molar-refractivity contribution in [2.75, 3.05) is 69.2 Å². The molecule has 3 heterocycles. The van der Waals surface area contributed by atoms with Crippen LogP contribution in [0, 0.1) is 6.92 Å². The number of benzene rings is 1. The zero-order chi connectivity index (χ0) is 19.5. The van der Waals surface area contributed by atoms with Crippen molar-refractivity contribution >= 4 is 17.3 Å². The maximum absolute atomic E-state index is 12.9. The van der Waals surface area contributed by atoms with Crippen LogP contribution in [-0.4, -0.2) is 80.1 Å². The summed E-state index contributed by atoms with van der Waals surface area (Å²) >= 11 is 0. The molecule has 2 aliphatic rings. The number of hydrogen-bond acceptors (Lipinski definition) is 5. The molecular weight excluding hydrogens is 350 g/mol. The molecule has 1 aromatic heterocycles. The number of anilines is 2. The number of hydrogen-bond donors (Lipinski definition) is 0. The Kier molecular flexibility index (Phi) is 5.48. The van der Waals surface area contributed by atoms with E-state index in [1.165, 1.54) is 16.9 Å². The van der Waals surface area contributed by atoms with Gasteiger partial charge in [-0.1, -0.05) is 0 Å². The van der Waals surface area contributed by atoms with Gasteiger partial charge in [-0.2, -0.15) is 0 Å². The lowest BCUT2D eigenvalue weighted by atomic mass is 10.1. The number of aryl methyl sites for hydroxylation is 1. The zero-order valence-electron chi connectivity index (χ0n) is 16.8. The summed E-state index contributed by atoms with van der Waals surface area (Å²) in [6.07, 6.45) is 3.73. The van der Waals surface area contributed by atoms with Gasteiger partial charge in [-0.05, 0) is 49.9 Å². The predicted octanol–water partition coefficient (Wildman–Crippen LogP) is 2.10. The van der Waals surface area contributed by atoms with Gasteiger partial charge < -0.3 is 19.6 Å². The normalized spacial score (nSPS) is 18.4. The molecular formula is C22H29N5O. The van der Waals surface area contributed by atoms with E-state index >= 15 is 0 Å². The highest BCUT2D eigenvalue weighted by Gasteiger charge is 2.23. The molecule has 1 aromatic carbocycles. The number of pyridine rings is 1. The quantitative estimate of drug-likeness (QED) is 0.817. The van der Waals surface area contributed by atoms with Crippen LogP contribution in [0.25, 0.3) is 0 Å². The van der Waals surface area contributed by atoms with Crippen LogP contribution in [-0.2, 0) is 0 Å². The fraction of sp³-hybridized carbons (Fsp3) is 0.455. The van der Waals surface area contributed by atoms with Gasteiger partial charge in [0, 0.05) is 81.7 Å². The largest absolute Gasteiger partial charge is 0.369 e. The number of amides is 1. The highest BCUT2D eigenvalue weighted by atomic mass is 16.2. The lowest BCUT2D eigenvalue weighted by molar-refractivity contribution is 0.0747. The molecule has 0 unspecified atom stereocenters. The van der Waals surface area contributed by atoms with Crippen molar-refractivity contribution < 1.29 is 4.79 Å².